The fourth-order valence-electron chi connectivity index (χ4n) is 8.02. The Kier molecular flexibility index (Phi) is 10.9. The van der Waals surface area contributed by atoms with Gasteiger partial charge >= 0.3 is 0 Å². The molecule has 0 unspecified atom stereocenters. The van der Waals surface area contributed by atoms with Gasteiger partial charge in [-0.25, -0.2) is 0 Å². The molecule has 1 saturated heterocycles. The van der Waals surface area contributed by atoms with Crippen LogP contribution in [0.4, 0.5) is 0 Å². The van der Waals surface area contributed by atoms with Crippen LogP contribution in [0.1, 0.15) is 90.5 Å². The summed E-state index contributed by atoms with van der Waals surface area (Å²) in [5.74, 6) is -0.642. The lowest BCUT2D eigenvalue weighted by Gasteiger charge is -2.27. The van der Waals surface area contributed by atoms with E-state index in [0.29, 0.717) is 48.9 Å². The molecule has 2 atom stereocenters. The number of morpholine rings is 1. The van der Waals surface area contributed by atoms with E-state index in [1.54, 1.807) is 15.4 Å². The molecule has 0 radical (unpaired) electrons. The number of para-hydroxylation sites is 3. The molecule has 2 aromatic carbocycles. The van der Waals surface area contributed by atoms with Crippen LogP contribution in [-0.4, -0.2) is 80.8 Å². The predicted octanol–water partition coefficient (Wildman–Crippen LogP) is 5.24. The number of fused-ring (bicyclic) bond motifs is 2. The maximum Gasteiger partial charge on any atom is 0.298 e. The van der Waals surface area contributed by atoms with Gasteiger partial charge in [-0.15, -0.1) is 0 Å². The van der Waals surface area contributed by atoms with Crippen molar-refractivity contribution in [1.29, 1.82) is 0 Å². The molecule has 14 heteroatoms. The molecular formula is C41H53N11O3. The molecule has 2 amide bonds. The molecule has 0 saturated carbocycles. The zero-order valence-electron chi connectivity index (χ0n) is 33.4. The number of aryl methyl sites for hydroxylation is 6. The fraction of sp³-hybridized carbons (Fsp3) is 0.463. The number of nitrogens with zero attached hydrogens (tertiary/aromatic N) is 11. The number of carbonyl (C=O) groups excluding carboxylic acids is 2. The summed E-state index contributed by atoms with van der Waals surface area (Å²) in [4.78, 5) is 39.7. The lowest BCUT2D eigenvalue weighted by molar-refractivity contribution is 0.0343. The van der Waals surface area contributed by atoms with Crippen LogP contribution in [0.2, 0.25) is 0 Å². The normalized spacial score (nSPS) is 15.8. The van der Waals surface area contributed by atoms with E-state index in [9.17, 15) is 9.59 Å². The first kappa shape index (κ1) is 38.0. The standard InChI is InChI=1S/C41H53N11O3/c1-9-49-35(24-27(3)44-49)38(53)42-40-46(7)32-15-11-12-16-33(32)51(40)29(5)18-19-30(6)52-37-31(26-48-20-22-55-23-21-48)14-13-17-34(37)47(8)41(52)43-39(54)36-25-28(4)45-50(36)10-2/h11-17,24-25,29-30H,9-10,18-23,26H2,1-8H3/b42-40+,43-41?/t29-,30+/m1/s1. The van der Waals surface area contributed by atoms with Gasteiger partial charge in [0.15, 0.2) is 0 Å². The largest absolute Gasteiger partial charge is 0.379 e. The Morgan fingerprint density at radius 1 is 0.727 bits per heavy atom. The molecule has 4 aromatic heterocycles. The number of hydrogen-bond donors (Lipinski definition) is 0. The summed E-state index contributed by atoms with van der Waals surface area (Å²) >= 11 is 0. The number of amides is 2. The molecular weight excluding hydrogens is 695 g/mol. The van der Waals surface area contributed by atoms with Crippen LogP contribution in [0.3, 0.4) is 0 Å². The molecule has 6 aromatic rings. The first-order valence-electron chi connectivity index (χ1n) is 19.4. The first-order chi connectivity index (χ1) is 26.5. The molecule has 290 valence electrons. The summed E-state index contributed by atoms with van der Waals surface area (Å²) in [5.41, 5.74) is 8.97. The second-order valence-corrected chi connectivity index (χ2v) is 14.7. The van der Waals surface area contributed by atoms with Gasteiger partial charge in [0, 0.05) is 58.9 Å². The minimum atomic E-state index is -0.322. The van der Waals surface area contributed by atoms with Gasteiger partial charge in [-0.3, -0.25) is 23.9 Å². The van der Waals surface area contributed by atoms with Crippen molar-refractivity contribution >= 4 is 33.9 Å². The van der Waals surface area contributed by atoms with Gasteiger partial charge in [-0.1, -0.05) is 24.3 Å². The van der Waals surface area contributed by atoms with E-state index in [1.165, 1.54) is 5.56 Å². The third kappa shape index (κ3) is 7.28. The lowest BCUT2D eigenvalue weighted by Crippen LogP contribution is -2.36. The number of ether oxygens (including phenoxy) is 1. The van der Waals surface area contributed by atoms with Gasteiger partial charge in [0.25, 0.3) is 11.8 Å². The summed E-state index contributed by atoms with van der Waals surface area (Å²) in [6.07, 6.45) is 1.54. The predicted molar refractivity (Wildman–Crippen MR) is 212 cm³/mol. The van der Waals surface area contributed by atoms with Crippen LogP contribution < -0.4 is 11.2 Å². The number of imidazole rings is 2. The molecule has 1 aliphatic rings. The van der Waals surface area contributed by atoms with Gasteiger partial charge in [0.1, 0.15) is 11.4 Å². The Balaban J connectivity index is 1.30. The Hall–Kier alpha value is -5.34. The molecule has 0 spiro atoms. The molecule has 1 aliphatic heterocycles. The highest BCUT2D eigenvalue weighted by molar-refractivity contribution is 5.94. The van der Waals surface area contributed by atoms with Crippen molar-refractivity contribution < 1.29 is 14.3 Å². The summed E-state index contributed by atoms with van der Waals surface area (Å²) < 4.78 is 17.6. The zero-order chi connectivity index (χ0) is 39.0. The number of rotatable bonds is 11. The Labute approximate surface area is 321 Å². The third-order valence-corrected chi connectivity index (χ3v) is 10.9. The fourth-order valence-corrected chi connectivity index (χ4v) is 8.02. The van der Waals surface area contributed by atoms with Gasteiger partial charge in [-0.2, -0.15) is 20.2 Å². The quantitative estimate of drug-likeness (QED) is 0.179. The molecule has 1 fully saturated rings. The van der Waals surface area contributed by atoms with E-state index < -0.39 is 0 Å². The van der Waals surface area contributed by atoms with Gasteiger partial charge in [0.2, 0.25) is 11.2 Å². The maximum absolute atomic E-state index is 13.9. The SMILES string of the molecule is CCn1nc(C)cc1C(=O)N=c1n(C)c2cccc(CN3CCOCC3)c2n1[C@@H](C)CC[C@@H](C)n1/c(=N/C(=O)c2cc(C)nn2CC)n(C)c2ccccc21. The molecule has 0 bridgehead atoms. The highest BCUT2D eigenvalue weighted by atomic mass is 16.5. The van der Waals surface area contributed by atoms with Crippen LogP contribution in [0.25, 0.3) is 22.1 Å². The second-order valence-electron chi connectivity index (χ2n) is 14.7. The Morgan fingerprint density at radius 2 is 1.24 bits per heavy atom. The number of carbonyl (C=O) groups is 2. The topological polar surface area (TPSA) is 127 Å². The van der Waals surface area contributed by atoms with E-state index in [1.807, 2.05) is 69.1 Å². The van der Waals surface area contributed by atoms with Crippen molar-refractivity contribution in [3.05, 3.63) is 94.2 Å². The lowest BCUT2D eigenvalue weighted by atomic mass is 10.1. The van der Waals surface area contributed by atoms with Crippen molar-refractivity contribution in [3.8, 4) is 0 Å². The van der Waals surface area contributed by atoms with Crippen molar-refractivity contribution in [2.75, 3.05) is 26.3 Å². The van der Waals surface area contributed by atoms with E-state index in [0.717, 1.165) is 65.9 Å². The van der Waals surface area contributed by atoms with E-state index in [2.05, 4.69) is 68.4 Å². The molecule has 0 N–H and O–H groups in total. The van der Waals surface area contributed by atoms with Crippen molar-refractivity contribution in [3.63, 3.8) is 0 Å². The average molecular weight is 748 g/mol. The number of aromatic nitrogens is 8. The van der Waals surface area contributed by atoms with Gasteiger partial charge < -0.3 is 23.0 Å². The monoisotopic (exact) mass is 747 g/mol. The second kappa shape index (κ2) is 15.8. The average Bonchev–Trinajstić information content (AvgIpc) is 3.92. The smallest absolute Gasteiger partial charge is 0.298 e. The Bertz CT molecular complexity index is 2510. The van der Waals surface area contributed by atoms with E-state index >= 15 is 0 Å². The highest BCUT2D eigenvalue weighted by Crippen LogP contribution is 2.28. The summed E-state index contributed by atoms with van der Waals surface area (Å²) in [6.45, 7) is 17.2. The molecule has 55 heavy (non-hydrogen) atoms. The summed E-state index contributed by atoms with van der Waals surface area (Å²) in [7, 11) is 3.95. The van der Waals surface area contributed by atoms with Crippen LogP contribution in [0, 0.1) is 13.8 Å². The minimum absolute atomic E-state index is 0.0229. The zero-order valence-corrected chi connectivity index (χ0v) is 33.4. The maximum atomic E-state index is 13.9. The van der Waals surface area contributed by atoms with Gasteiger partial charge in [0.05, 0.1) is 46.7 Å². The highest BCUT2D eigenvalue weighted by Gasteiger charge is 2.24. The van der Waals surface area contributed by atoms with Crippen molar-refractivity contribution in [2.24, 2.45) is 24.1 Å². The van der Waals surface area contributed by atoms with Crippen LogP contribution in [0.15, 0.2) is 64.6 Å². The molecule has 5 heterocycles. The minimum Gasteiger partial charge on any atom is -0.379 e. The molecule has 7 rings (SSSR count). The summed E-state index contributed by atoms with van der Waals surface area (Å²) in [5, 5.41) is 9.00. The summed E-state index contributed by atoms with van der Waals surface area (Å²) in [6, 6.07) is 18.1. The Morgan fingerprint density at radius 3 is 1.82 bits per heavy atom. The first-order valence-corrected chi connectivity index (χ1v) is 19.4. The van der Waals surface area contributed by atoms with E-state index in [-0.39, 0.29) is 23.9 Å². The van der Waals surface area contributed by atoms with Crippen molar-refractivity contribution in [2.45, 2.75) is 86.1 Å². The van der Waals surface area contributed by atoms with E-state index in [4.69, 9.17) is 14.7 Å². The van der Waals surface area contributed by atoms with Gasteiger partial charge in [-0.05, 0) is 90.3 Å². The molecule has 0 aliphatic carbocycles. The number of hydrogen-bond acceptors (Lipinski definition) is 6. The number of benzene rings is 2. The molecule has 14 nitrogen and oxygen atoms in total. The van der Waals surface area contributed by atoms with Crippen molar-refractivity contribution in [1.82, 2.24) is 42.7 Å². The van der Waals surface area contributed by atoms with Crippen LogP contribution in [0.5, 0.6) is 0 Å². The third-order valence-electron chi connectivity index (χ3n) is 10.9. The van der Waals surface area contributed by atoms with Crippen LogP contribution in [-0.2, 0) is 38.5 Å². The van der Waals surface area contributed by atoms with Crippen LogP contribution >= 0.6 is 0 Å².